The van der Waals surface area contributed by atoms with E-state index >= 15 is 0 Å². The molecule has 0 aliphatic rings. The number of hydrogen-bond donors (Lipinski definition) is 0. The number of hydrogen-bond acceptors (Lipinski definition) is 2. The van der Waals surface area contributed by atoms with Crippen molar-refractivity contribution in [1.82, 2.24) is 0 Å². The first kappa shape index (κ1) is 10.2. The predicted molar refractivity (Wildman–Crippen MR) is 45.4 cm³/mol. The van der Waals surface area contributed by atoms with Gasteiger partial charge in [0.25, 0.3) is 0 Å². The molecule has 0 saturated heterocycles. The fraction of sp³-hybridized carbons (Fsp3) is 0.375. The van der Waals surface area contributed by atoms with E-state index in [-0.39, 0.29) is 6.61 Å². The minimum absolute atomic E-state index is 0.129. The molecule has 0 radical (unpaired) electrons. The largest absolute Gasteiger partial charge is 0.457 e. The molecular formula is C8H11ClO2. The van der Waals surface area contributed by atoms with E-state index in [1.165, 1.54) is 0 Å². The second-order valence-corrected chi connectivity index (χ2v) is 2.58. The fourth-order valence-electron chi connectivity index (χ4n) is 0.341. The van der Waals surface area contributed by atoms with Gasteiger partial charge in [-0.05, 0) is 13.8 Å². The van der Waals surface area contributed by atoms with Crippen molar-refractivity contribution in [3.05, 3.63) is 23.3 Å². The van der Waals surface area contributed by atoms with Crippen molar-refractivity contribution >= 4 is 17.6 Å². The first-order chi connectivity index (χ1) is 5.07. The Morgan fingerprint density at radius 1 is 1.73 bits per heavy atom. The normalized spacial score (nSPS) is 11.0. The molecule has 0 aromatic carbocycles. The number of rotatable bonds is 3. The van der Waals surface area contributed by atoms with E-state index in [0.717, 1.165) is 0 Å². The molecule has 0 rings (SSSR count). The molecule has 62 valence electrons. The zero-order valence-electron chi connectivity index (χ0n) is 6.69. The van der Waals surface area contributed by atoms with Crippen LogP contribution in [0.1, 0.15) is 13.8 Å². The minimum atomic E-state index is -0.412. The lowest BCUT2D eigenvalue weighted by Crippen LogP contribution is -2.05. The van der Waals surface area contributed by atoms with Gasteiger partial charge in [0.15, 0.2) is 0 Å². The highest BCUT2D eigenvalue weighted by atomic mass is 35.5. The molecule has 0 aliphatic heterocycles. The van der Waals surface area contributed by atoms with Gasteiger partial charge in [-0.2, -0.15) is 0 Å². The van der Waals surface area contributed by atoms with Crippen molar-refractivity contribution in [2.75, 3.05) is 6.61 Å². The highest BCUT2D eigenvalue weighted by Gasteiger charge is 2.02. The smallest absolute Gasteiger partial charge is 0.333 e. The maximum absolute atomic E-state index is 10.8. The van der Waals surface area contributed by atoms with Gasteiger partial charge in [0, 0.05) is 5.57 Å². The summed E-state index contributed by atoms with van der Waals surface area (Å²) >= 11 is 5.57. The van der Waals surface area contributed by atoms with Crippen LogP contribution in [0.4, 0.5) is 0 Å². The van der Waals surface area contributed by atoms with Gasteiger partial charge in [-0.1, -0.05) is 24.3 Å². The van der Waals surface area contributed by atoms with Crippen molar-refractivity contribution in [2.24, 2.45) is 0 Å². The summed E-state index contributed by atoms with van der Waals surface area (Å²) < 4.78 is 4.72. The second kappa shape index (κ2) is 4.97. The molecule has 0 spiro atoms. The molecule has 0 atom stereocenters. The van der Waals surface area contributed by atoms with Crippen LogP contribution >= 0.6 is 11.6 Å². The van der Waals surface area contributed by atoms with Crippen LogP contribution in [-0.2, 0) is 9.53 Å². The lowest BCUT2D eigenvalue weighted by Gasteiger charge is -2.01. The molecule has 0 N–H and O–H groups in total. The first-order valence-electron chi connectivity index (χ1n) is 3.21. The third kappa shape index (κ3) is 4.62. The Bertz CT molecular complexity index is 194. The first-order valence-corrected chi connectivity index (χ1v) is 3.59. The lowest BCUT2D eigenvalue weighted by molar-refractivity contribution is -0.137. The van der Waals surface area contributed by atoms with Gasteiger partial charge < -0.3 is 4.74 Å². The Kier molecular flexibility index (Phi) is 4.62. The van der Waals surface area contributed by atoms with Crippen LogP contribution in [0.2, 0.25) is 0 Å². The predicted octanol–water partition coefficient (Wildman–Crippen LogP) is 2.25. The molecule has 0 aliphatic carbocycles. The Morgan fingerprint density at radius 3 is 2.64 bits per heavy atom. The number of esters is 1. The van der Waals surface area contributed by atoms with Crippen molar-refractivity contribution in [2.45, 2.75) is 13.8 Å². The Morgan fingerprint density at radius 2 is 2.27 bits per heavy atom. The minimum Gasteiger partial charge on any atom is -0.457 e. The lowest BCUT2D eigenvalue weighted by atomic mass is 10.4. The van der Waals surface area contributed by atoms with Gasteiger partial charge >= 0.3 is 5.97 Å². The van der Waals surface area contributed by atoms with Crippen LogP contribution in [0, 0.1) is 0 Å². The number of carbonyl (C=O) groups is 1. The summed E-state index contributed by atoms with van der Waals surface area (Å²) in [6.45, 7) is 6.91. The maximum atomic E-state index is 10.8. The summed E-state index contributed by atoms with van der Waals surface area (Å²) in [7, 11) is 0. The van der Waals surface area contributed by atoms with Crippen molar-refractivity contribution < 1.29 is 9.53 Å². The maximum Gasteiger partial charge on any atom is 0.333 e. The Labute approximate surface area is 71.5 Å². The van der Waals surface area contributed by atoms with Gasteiger partial charge in [0.1, 0.15) is 6.61 Å². The number of halogens is 1. The van der Waals surface area contributed by atoms with E-state index in [1.54, 1.807) is 19.9 Å². The highest BCUT2D eigenvalue weighted by molar-refractivity contribution is 6.29. The quantitative estimate of drug-likeness (QED) is 0.485. The fourth-order valence-corrected chi connectivity index (χ4v) is 0.396. The van der Waals surface area contributed by atoms with E-state index in [4.69, 9.17) is 16.3 Å². The van der Waals surface area contributed by atoms with Crippen LogP contribution in [0.25, 0.3) is 0 Å². The molecule has 3 heteroatoms. The molecule has 0 amide bonds. The molecule has 0 aromatic rings. The summed E-state index contributed by atoms with van der Waals surface area (Å²) in [5.41, 5.74) is 0.380. The molecule has 0 unspecified atom stereocenters. The zero-order valence-corrected chi connectivity index (χ0v) is 7.44. The van der Waals surface area contributed by atoms with Gasteiger partial charge in [-0.25, -0.2) is 4.79 Å². The van der Waals surface area contributed by atoms with E-state index in [2.05, 4.69) is 6.58 Å². The summed E-state index contributed by atoms with van der Waals surface area (Å²) in [5, 5.41) is 0.514. The van der Waals surface area contributed by atoms with Crippen molar-refractivity contribution in [3.8, 4) is 0 Å². The Hall–Kier alpha value is -0.760. The molecule has 0 fully saturated rings. The van der Waals surface area contributed by atoms with E-state index in [1.807, 2.05) is 0 Å². The SMILES string of the molecule is C=C(C)C(=O)OCC(Cl)=CC. The molecule has 11 heavy (non-hydrogen) atoms. The molecule has 0 aromatic heterocycles. The third-order valence-electron chi connectivity index (χ3n) is 1.00. The number of carbonyl (C=O) groups excluding carboxylic acids is 1. The van der Waals surface area contributed by atoms with Crippen LogP contribution in [0.5, 0.6) is 0 Å². The van der Waals surface area contributed by atoms with E-state index < -0.39 is 5.97 Å². The van der Waals surface area contributed by atoms with Crippen molar-refractivity contribution in [1.29, 1.82) is 0 Å². The van der Waals surface area contributed by atoms with Crippen LogP contribution in [0.15, 0.2) is 23.3 Å². The topological polar surface area (TPSA) is 26.3 Å². The Balaban J connectivity index is 3.72. The monoisotopic (exact) mass is 174 g/mol. The summed E-state index contributed by atoms with van der Waals surface area (Å²) in [5.74, 6) is -0.412. The van der Waals surface area contributed by atoms with Gasteiger partial charge in [0.2, 0.25) is 0 Å². The summed E-state index contributed by atoms with van der Waals surface area (Å²) in [4.78, 5) is 10.8. The average Bonchev–Trinajstić information content (AvgIpc) is 1.99. The average molecular weight is 175 g/mol. The molecule has 2 nitrogen and oxygen atoms in total. The van der Waals surface area contributed by atoms with Crippen LogP contribution < -0.4 is 0 Å². The van der Waals surface area contributed by atoms with Crippen LogP contribution in [-0.4, -0.2) is 12.6 Å². The number of ether oxygens (including phenoxy) is 1. The van der Waals surface area contributed by atoms with Gasteiger partial charge in [0.05, 0.1) is 5.03 Å². The summed E-state index contributed by atoms with van der Waals surface area (Å²) in [6.07, 6.45) is 1.67. The zero-order chi connectivity index (χ0) is 8.85. The highest BCUT2D eigenvalue weighted by Crippen LogP contribution is 2.02. The molecular weight excluding hydrogens is 164 g/mol. The molecule has 0 saturated carbocycles. The van der Waals surface area contributed by atoms with Gasteiger partial charge in [-0.3, -0.25) is 0 Å². The number of allylic oxidation sites excluding steroid dienone is 1. The van der Waals surface area contributed by atoms with E-state index in [9.17, 15) is 4.79 Å². The standard InChI is InChI=1S/C8H11ClO2/c1-4-7(9)5-11-8(10)6(2)3/h4H,2,5H2,1,3H3. The third-order valence-corrected chi connectivity index (χ3v) is 1.33. The van der Waals surface area contributed by atoms with Crippen molar-refractivity contribution in [3.63, 3.8) is 0 Å². The second-order valence-electron chi connectivity index (χ2n) is 2.09. The van der Waals surface area contributed by atoms with E-state index in [0.29, 0.717) is 10.6 Å². The molecule has 0 heterocycles. The van der Waals surface area contributed by atoms with Gasteiger partial charge in [-0.15, -0.1) is 0 Å². The molecule has 0 bridgehead atoms. The summed E-state index contributed by atoms with van der Waals surface area (Å²) in [6, 6.07) is 0. The van der Waals surface area contributed by atoms with Crippen LogP contribution in [0.3, 0.4) is 0 Å².